The summed E-state index contributed by atoms with van der Waals surface area (Å²) in [6, 6.07) is 1.94. The molecule has 0 unspecified atom stereocenters. The van der Waals surface area contributed by atoms with Crippen molar-refractivity contribution in [1.82, 2.24) is 14.8 Å². The number of thiazole rings is 1. The van der Waals surface area contributed by atoms with Crippen molar-refractivity contribution >= 4 is 17.2 Å². The highest BCUT2D eigenvalue weighted by Crippen LogP contribution is 2.12. The number of aryl methyl sites for hydroxylation is 1. The first-order valence-electron chi connectivity index (χ1n) is 5.15. The van der Waals surface area contributed by atoms with Crippen LogP contribution in [0.4, 0.5) is 5.82 Å². The van der Waals surface area contributed by atoms with Gasteiger partial charge in [0.2, 0.25) is 0 Å². The van der Waals surface area contributed by atoms with Crippen molar-refractivity contribution < 1.29 is 0 Å². The lowest BCUT2D eigenvalue weighted by Crippen LogP contribution is -2.05. The lowest BCUT2D eigenvalue weighted by molar-refractivity contribution is 0.767. The summed E-state index contributed by atoms with van der Waals surface area (Å²) in [6.45, 7) is 1.38. The maximum Gasteiger partial charge on any atom is 0.124 e. The Morgan fingerprint density at radius 2 is 2.44 bits per heavy atom. The van der Waals surface area contributed by atoms with Crippen molar-refractivity contribution in [3.63, 3.8) is 0 Å². The quantitative estimate of drug-likeness (QED) is 0.813. The highest BCUT2D eigenvalue weighted by atomic mass is 32.1. The number of nitrogens with two attached hydrogens (primary N) is 1. The zero-order valence-corrected chi connectivity index (χ0v) is 10.00. The standard InChI is InChI=1S/C10H15N5S/c1-15-9(3-5-13-15)12-6-8-7-16-10(14-8)2-4-11/h3,5,7,12H,2,4,6,11H2,1H3. The van der Waals surface area contributed by atoms with Crippen LogP contribution in [0.25, 0.3) is 0 Å². The van der Waals surface area contributed by atoms with E-state index in [0.29, 0.717) is 6.54 Å². The van der Waals surface area contributed by atoms with Crippen molar-refractivity contribution in [2.75, 3.05) is 11.9 Å². The molecule has 0 radical (unpaired) electrons. The summed E-state index contributed by atoms with van der Waals surface area (Å²) < 4.78 is 1.80. The second-order valence-electron chi connectivity index (χ2n) is 3.46. The fourth-order valence-corrected chi connectivity index (χ4v) is 2.21. The van der Waals surface area contributed by atoms with Crippen molar-refractivity contribution in [3.05, 3.63) is 28.3 Å². The SMILES string of the molecule is Cn1nccc1NCc1csc(CCN)n1. The Labute approximate surface area is 98.3 Å². The number of hydrogen-bond donors (Lipinski definition) is 2. The zero-order chi connectivity index (χ0) is 11.4. The van der Waals surface area contributed by atoms with Gasteiger partial charge in [0.25, 0.3) is 0 Å². The smallest absolute Gasteiger partial charge is 0.124 e. The van der Waals surface area contributed by atoms with Gasteiger partial charge in [0, 0.05) is 24.9 Å². The van der Waals surface area contributed by atoms with Crippen LogP contribution in [0.5, 0.6) is 0 Å². The second kappa shape index (κ2) is 5.09. The molecule has 0 fully saturated rings. The first kappa shape index (κ1) is 11.1. The van der Waals surface area contributed by atoms with Gasteiger partial charge in [0.1, 0.15) is 5.82 Å². The molecule has 0 aromatic carbocycles. The minimum atomic E-state index is 0.655. The van der Waals surface area contributed by atoms with E-state index < -0.39 is 0 Å². The molecule has 0 spiro atoms. The van der Waals surface area contributed by atoms with Crippen molar-refractivity contribution in [2.24, 2.45) is 12.8 Å². The van der Waals surface area contributed by atoms with Crippen molar-refractivity contribution in [1.29, 1.82) is 0 Å². The van der Waals surface area contributed by atoms with E-state index in [4.69, 9.17) is 5.73 Å². The van der Waals surface area contributed by atoms with Gasteiger partial charge in [-0.05, 0) is 6.54 Å². The van der Waals surface area contributed by atoms with Crippen LogP contribution in [-0.2, 0) is 20.0 Å². The van der Waals surface area contributed by atoms with Crippen LogP contribution in [0, 0.1) is 0 Å². The Hall–Kier alpha value is -1.40. The monoisotopic (exact) mass is 237 g/mol. The maximum atomic E-state index is 5.48. The second-order valence-corrected chi connectivity index (χ2v) is 4.41. The molecule has 86 valence electrons. The van der Waals surface area contributed by atoms with Gasteiger partial charge in [0.05, 0.1) is 23.4 Å². The van der Waals surface area contributed by atoms with Gasteiger partial charge in [-0.15, -0.1) is 11.3 Å². The summed E-state index contributed by atoms with van der Waals surface area (Å²) in [6.07, 6.45) is 2.62. The summed E-state index contributed by atoms with van der Waals surface area (Å²) in [7, 11) is 1.91. The average Bonchev–Trinajstić information content (AvgIpc) is 2.86. The van der Waals surface area contributed by atoms with Gasteiger partial charge < -0.3 is 11.1 Å². The molecule has 16 heavy (non-hydrogen) atoms. The Bertz CT molecular complexity index is 448. The zero-order valence-electron chi connectivity index (χ0n) is 9.18. The molecule has 0 amide bonds. The Morgan fingerprint density at radius 1 is 1.56 bits per heavy atom. The van der Waals surface area contributed by atoms with Gasteiger partial charge in [0.15, 0.2) is 0 Å². The number of nitrogens with zero attached hydrogens (tertiary/aromatic N) is 3. The molecule has 5 nitrogen and oxygen atoms in total. The molecule has 3 N–H and O–H groups in total. The Morgan fingerprint density at radius 3 is 3.12 bits per heavy atom. The third kappa shape index (κ3) is 2.59. The predicted octanol–water partition coefficient (Wildman–Crippen LogP) is 0.990. The summed E-state index contributed by atoms with van der Waals surface area (Å²) in [5.74, 6) is 0.994. The number of nitrogens with one attached hydrogen (secondary N) is 1. The largest absolute Gasteiger partial charge is 0.365 e. The van der Waals surface area contributed by atoms with E-state index in [-0.39, 0.29) is 0 Å². The van der Waals surface area contributed by atoms with Crippen LogP contribution in [0.15, 0.2) is 17.6 Å². The lowest BCUT2D eigenvalue weighted by Gasteiger charge is -2.03. The highest BCUT2D eigenvalue weighted by molar-refractivity contribution is 7.09. The van der Waals surface area contributed by atoms with E-state index in [2.05, 4.69) is 20.8 Å². The lowest BCUT2D eigenvalue weighted by atomic mass is 10.4. The molecule has 0 aliphatic heterocycles. The molecular formula is C10H15N5S. The third-order valence-electron chi connectivity index (χ3n) is 2.23. The van der Waals surface area contributed by atoms with Crippen LogP contribution in [0.1, 0.15) is 10.7 Å². The van der Waals surface area contributed by atoms with Crippen LogP contribution in [-0.4, -0.2) is 21.3 Å². The normalized spacial score (nSPS) is 10.6. The van der Waals surface area contributed by atoms with E-state index in [1.807, 2.05) is 13.1 Å². The van der Waals surface area contributed by atoms with Crippen LogP contribution < -0.4 is 11.1 Å². The maximum absolute atomic E-state index is 5.48. The predicted molar refractivity (Wildman–Crippen MR) is 65.4 cm³/mol. The highest BCUT2D eigenvalue weighted by Gasteiger charge is 2.02. The fourth-order valence-electron chi connectivity index (χ4n) is 1.40. The molecule has 2 rings (SSSR count). The van der Waals surface area contributed by atoms with Crippen LogP contribution >= 0.6 is 11.3 Å². The van der Waals surface area contributed by atoms with E-state index >= 15 is 0 Å². The summed E-state index contributed by atoms with van der Waals surface area (Å²) >= 11 is 1.66. The van der Waals surface area contributed by atoms with Gasteiger partial charge >= 0.3 is 0 Å². The molecular weight excluding hydrogens is 222 g/mol. The van der Waals surface area contributed by atoms with Crippen molar-refractivity contribution in [2.45, 2.75) is 13.0 Å². The van der Waals surface area contributed by atoms with Crippen molar-refractivity contribution in [3.8, 4) is 0 Å². The first-order valence-corrected chi connectivity index (χ1v) is 6.03. The van der Waals surface area contributed by atoms with Crippen LogP contribution in [0.3, 0.4) is 0 Å². The first-order chi connectivity index (χ1) is 7.79. The molecule has 0 aliphatic rings. The third-order valence-corrected chi connectivity index (χ3v) is 3.19. The summed E-state index contributed by atoms with van der Waals surface area (Å²) in [4.78, 5) is 4.48. The molecule has 2 heterocycles. The van der Waals surface area contributed by atoms with E-state index in [0.717, 1.165) is 29.5 Å². The molecule has 0 atom stereocenters. The molecule has 0 aliphatic carbocycles. The molecule has 0 saturated heterocycles. The van der Waals surface area contributed by atoms with Gasteiger partial charge in [-0.1, -0.05) is 0 Å². The number of aromatic nitrogens is 3. The van der Waals surface area contributed by atoms with E-state index in [1.54, 1.807) is 22.2 Å². The minimum Gasteiger partial charge on any atom is -0.365 e. The molecule has 0 bridgehead atoms. The Kier molecular flexibility index (Phi) is 3.53. The van der Waals surface area contributed by atoms with Crippen LogP contribution in [0.2, 0.25) is 0 Å². The summed E-state index contributed by atoms with van der Waals surface area (Å²) in [5, 5.41) is 10.5. The topological polar surface area (TPSA) is 68.8 Å². The Balaban J connectivity index is 1.92. The fraction of sp³-hybridized carbons (Fsp3) is 0.400. The molecule has 2 aromatic rings. The van der Waals surface area contributed by atoms with Gasteiger partial charge in [-0.25, -0.2) is 4.98 Å². The number of rotatable bonds is 5. The number of anilines is 1. The molecule has 2 aromatic heterocycles. The molecule has 0 saturated carbocycles. The molecule has 6 heteroatoms. The van der Waals surface area contributed by atoms with E-state index in [9.17, 15) is 0 Å². The minimum absolute atomic E-state index is 0.655. The summed E-state index contributed by atoms with van der Waals surface area (Å²) in [5.41, 5.74) is 6.53. The van der Waals surface area contributed by atoms with E-state index in [1.165, 1.54) is 0 Å². The number of hydrogen-bond acceptors (Lipinski definition) is 5. The average molecular weight is 237 g/mol. The van der Waals surface area contributed by atoms with Gasteiger partial charge in [-0.3, -0.25) is 4.68 Å². The van der Waals surface area contributed by atoms with Gasteiger partial charge in [-0.2, -0.15) is 5.10 Å².